The molecule has 0 bridgehead atoms. The molecule has 5 heterocycles. The second-order valence-electron chi connectivity index (χ2n) is 11.7. The van der Waals surface area contributed by atoms with Crippen LogP contribution in [0.25, 0.3) is 33.0 Å². The van der Waals surface area contributed by atoms with Crippen LogP contribution < -0.4 is 15.7 Å². The molecule has 0 spiro atoms. The fraction of sp³-hybridized carbons (Fsp3) is 0.452. The van der Waals surface area contributed by atoms with Crippen LogP contribution >= 0.6 is 0 Å². The van der Waals surface area contributed by atoms with E-state index in [1.54, 1.807) is 19.1 Å². The number of ether oxygens (including phenoxy) is 2. The summed E-state index contributed by atoms with van der Waals surface area (Å²) in [5.41, 5.74) is -0.115. The summed E-state index contributed by atoms with van der Waals surface area (Å²) in [6.07, 6.45) is 2.19. The van der Waals surface area contributed by atoms with Gasteiger partial charge in [0.15, 0.2) is 0 Å². The Bertz CT molecular complexity index is 1740. The molecule has 9 nitrogen and oxygen atoms in total. The number of hydrogen-bond acceptors (Lipinski definition) is 9. The lowest BCUT2D eigenvalue weighted by molar-refractivity contribution is 0.107. The lowest BCUT2D eigenvalue weighted by atomic mass is 9.95. The zero-order chi connectivity index (χ0) is 29.0. The predicted molar refractivity (Wildman–Crippen MR) is 153 cm³/mol. The van der Waals surface area contributed by atoms with E-state index in [-0.39, 0.29) is 52.2 Å². The Morgan fingerprint density at radius 2 is 2.14 bits per heavy atom. The summed E-state index contributed by atoms with van der Waals surface area (Å²) in [4.78, 5) is 24.9. The molecule has 2 N–H and O–H groups in total. The normalized spacial score (nSPS) is 24.1. The Hall–Kier alpha value is -3.83. The first-order valence-corrected chi connectivity index (χ1v) is 14.4. The van der Waals surface area contributed by atoms with E-state index in [1.165, 1.54) is 18.2 Å². The third-order valence-corrected chi connectivity index (χ3v) is 8.95. The molecular weight excluding hydrogens is 546 g/mol. The largest absolute Gasteiger partial charge is 0.508 e. The second kappa shape index (κ2) is 10.5. The summed E-state index contributed by atoms with van der Waals surface area (Å²) in [6.45, 7) is 4.99. The summed E-state index contributed by atoms with van der Waals surface area (Å²) in [7, 11) is 0. The van der Waals surface area contributed by atoms with Crippen LogP contribution in [0.3, 0.4) is 0 Å². The Labute approximate surface area is 240 Å². The maximum Gasteiger partial charge on any atom is 0.349 e. The highest BCUT2D eigenvalue weighted by Crippen LogP contribution is 2.41. The summed E-state index contributed by atoms with van der Waals surface area (Å²) in [5, 5.41) is 14.5. The monoisotopic (exact) mass is 578 g/mol. The maximum atomic E-state index is 15.1. The van der Waals surface area contributed by atoms with Gasteiger partial charge in [0.05, 0.1) is 17.7 Å². The van der Waals surface area contributed by atoms with Crippen molar-refractivity contribution in [3.63, 3.8) is 0 Å². The number of anilines is 1. The van der Waals surface area contributed by atoms with Crippen LogP contribution in [0.1, 0.15) is 31.2 Å². The summed E-state index contributed by atoms with van der Waals surface area (Å²) < 4.78 is 46.9. The third kappa shape index (κ3) is 4.64. The van der Waals surface area contributed by atoms with E-state index in [0.29, 0.717) is 49.2 Å². The van der Waals surface area contributed by atoms with Crippen molar-refractivity contribution < 1.29 is 27.8 Å². The number of aryl methyl sites for hydroxylation is 1. The first-order valence-electron chi connectivity index (χ1n) is 14.4. The van der Waals surface area contributed by atoms with Gasteiger partial charge in [-0.3, -0.25) is 4.90 Å². The van der Waals surface area contributed by atoms with Crippen LogP contribution in [-0.4, -0.2) is 71.1 Å². The van der Waals surface area contributed by atoms with Crippen LogP contribution in [0.15, 0.2) is 39.5 Å². The Balaban J connectivity index is 1.35. The lowest BCUT2D eigenvalue weighted by Gasteiger charge is -2.30. The van der Waals surface area contributed by atoms with Gasteiger partial charge in [0.25, 0.3) is 0 Å². The number of rotatable bonds is 7. The molecule has 0 amide bonds. The molecule has 3 aliphatic heterocycles. The molecule has 11 heteroatoms. The predicted octanol–water partition coefficient (Wildman–Crippen LogP) is 4.96. The SMILES string of the molecule is Cc1c(-c2cc(O)cc3cccc(F)c23)oc(=O)c2c(NCC3CCOC3)nc(OC[C@@]34CCCN3C[C@H](F)C4)nc12. The topological polar surface area (TPSA) is 110 Å². The molecule has 3 fully saturated rings. The molecule has 2 aromatic heterocycles. The number of nitrogens with one attached hydrogen (secondary N) is 1. The molecular formula is C31H32F2N4O5. The van der Waals surface area contributed by atoms with E-state index in [0.717, 1.165) is 25.8 Å². The number of halogens is 2. The fourth-order valence-electron chi connectivity index (χ4n) is 6.86. The smallest absolute Gasteiger partial charge is 0.349 e. The van der Waals surface area contributed by atoms with E-state index in [2.05, 4.69) is 20.2 Å². The van der Waals surface area contributed by atoms with Gasteiger partial charge < -0.3 is 24.3 Å². The highest BCUT2D eigenvalue weighted by atomic mass is 19.1. The van der Waals surface area contributed by atoms with Crippen molar-refractivity contribution in [2.45, 2.75) is 44.3 Å². The highest BCUT2D eigenvalue weighted by molar-refractivity contribution is 6.00. The summed E-state index contributed by atoms with van der Waals surface area (Å²) >= 11 is 0. The van der Waals surface area contributed by atoms with Crippen molar-refractivity contribution in [2.75, 3.05) is 44.8 Å². The summed E-state index contributed by atoms with van der Waals surface area (Å²) in [6, 6.07) is 7.43. The van der Waals surface area contributed by atoms with E-state index in [9.17, 15) is 14.3 Å². The van der Waals surface area contributed by atoms with Gasteiger partial charge in [0, 0.05) is 48.5 Å². The number of hydrogen-bond donors (Lipinski definition) is 2. The van der Waals surface area contributed by atoms with E-state index < -0.39 is 23.2 Å². The first kappa shape index (κ1) is 27.0. The average Bonchev–Trinajstić information content (AvgIpc) is 3.68. The quantitative estimate of drug-likeness (QED) is 0.314. The van der Waals surface area contributed by atoms with Crippen molar-refractivity contribution in [3.05, 3.63) is 52.1 Å². The number of phenols is 1. The minimum atomic E-state index is -0.899. The molecule has 0 saturated carbocycles. The van der Waals surface area contributed by atoms with Gasteiger partial charge >= 0.3 is 11.6 Å². The number of phenolic OH excluding ortho intramolecular Hbond substituents is 1. The molecule has 2 aromatic carbocycles. The van der Waals surface area contributed by atoms with Crippen LogP contribution in [0, 0.1) is 18.7 Å². The van der Waals surface area contributed by atoms with Crippen LogP contribution in [0.5, 0.6) is 11.8 Å². The van der Waals surface area contributed by atoms with Crippen LogP contribution in [0.4, 0.5) is 14.6 Å². The lowest BCUT2D eigenvalue weighted by Crippen LogP contribution is -2.43. The summed E-state index contributed by atoms with van der Waals surface area (Å²) in [5.74, 6) is 0.00359. The molecule has 0 radical (unpaired) electrons. The molecule has 4 aromatic rings. The van der Waals surface area contributed by atoms with Gasteiger partial charge in [-0.15, -0.1) is 0 Å². The minimum Gasteiger partial charge on any atom is -0.508 e. The molecule has 3 saturated heterocycles. The number of nitrogens with zero attached hydrogens (tertiary/aromatic N) is 3. The van der Waals surface area contributed by atoms with Crippen LogP contribution in [0.2, 0.25) is 0 Å². The van der Waals surface area contributed by atoms with E-state index in [4.69, 9.17) is 13.9 Å². The van der Waals surface area contributed by atoms with Crippen molar-refractivity contribution in [2.24, 2.45) is 5.92 Å². The molecule has 220 valence electrons. The number of aromatic hydroxyl groups is 1. The van der Waals surface area contributed by atoms with Crippen molar-refractivity contribution in [3.8, 4) is 23.1 Å². The molecule has 1 unspecified atom stereocenters. The zero-order valence-corrected chi connectivity index (χ0v) is 23.3. The zero-order valence-electron chi connectivity index (χ0n) is 23.3. The molecule has 3 atom stereocenters. The highest BCUT2D eigenvalue weighted by Gasteiger charge is 2.49. The van der Waals surface area contributed by atoms with Crippen molar-refractivity contribution >= 4 is 27.5 Å². The number of alkyl halides is 1. The number of benzene rings is 2. The Morgan fingerprint density at radius 1 is 1.26 bits per heavy atom. The minimum absolute atomic E-state index is 0.0582. The molecule has 3 aliphatic rings. The molecule has 42 heavy (non-hydrogen) atoms. The van der Waals surface area contributed by atoms with Gasteiger partial charge in [-0.2, -0.15) is 9.97 Å². The Kier molecular flexibility index (Phi) is 6.73. The van der Waals surface area contributed by atoms with Gasteiger partial charge in [-0.05, 0) is 56.3 Å². The standard InChI is InChI=1S/C31H32F2N4O5/c1-17-26-25(29(39)42-27(17)22-11-21(38)10-19-4-2-5-23(33)24(19)22)28(34-13-18-6-9-40-15-18)36-30(35-26)41-16-31-7-3-8-37(31)14-20(32)12-31/h2,4-5,10-11,18,20,38H,3,6-9,12-16H2,1H3,(H,34,35,36)/t18?,20-,31+/m1/s1. The molecule has 0 aliphatic carbocycles. The molecule has 7 rings (SSSR count). The van der Waals surface area contributed by atoms with Gasteiger partial charge in [-0.1, -0.05) is 12.1 Å². The van der Waals surface area contributed by atoms with Crippen LogP contribution in [-0.2, 0) is 4.74 Å². The van der Waals surface area contributed by atoms with E-state index in [1.807, 2.05) is 0 Å². The first-order chi connectivity index (χ1) is 20.3. The van der Waals surface area contributed by atoms with Crippen molar-refractivity contribution in [1.82, 2.24) is 14.9 Å². The van der Waals surface area contributed by atoms with Gasteiger partial charge in [0.2, 0.25) is 0 Å². The van der Waals surface area contributed by atoms with E-state index >= 15 is 4.39 Å². The average molecular weight is 579 g/mol. The number of fused-ring (bicyclic) bond motifs is 3. The fourth-order valence-corrected chi connectivity index (χ4v) is 6.86. The van der Waals surface area contributed by atoms with Gasteiger partial charge in [0.1, 0.15) is 41.3 Å². The second-order valence-corrected chi connectivity index (χ2v) is 11.7. The Morgan fingerprint density at radius 3 is 2.98 bits per heavy atom. The van der Waals surface area contributed by atoms with Gasteiger partial charge in [-0.25, -0.2) is 13.6 Å². The third-order valence-electron chi connectivity index (χ3n) is 8.95. The maximum absolute atomic E-state index is 15.1. The van der Waals surface area contributed by atoms with Crippen molar-refractivity contribution in [1.29, 1.82) is 0 Å². The number of aromatic nitrogens is 2.